The van der Waals surface area contributed by atoms with Gasteiger partial charge in [0.2, 0.25) is 5.91 Å². The molecule has 2 aliphatic rings. The van der Waals surface area contributed by atoms with Gasteiger partial charge in [0, 0.05) is 24.7 Å². The molecular formula is C21H32N2O3. The Balaban J connectivity index is 1.52. The van der Waals surface area contributed by atoms with Crippen LogP contribution in [0, 0.1) is 5.92 Å². The number of carbonyl (C=O) groups excluding carboxylic acids is 1. The summed E-state index contributed by atoms with van der Waals surface area (Å²) >= 11 is 0. The Morgan fingerprint density at radius 1 is 1.27 bits per heavy atom. The Hall–Kier alpha value is -1.59. The molecule has 2 atom stereocenters. The summed E-state index contributed by atoms with van der Waals surface area (Å²) in [4.78, 5) is 14.6. The van der Waals surface area contributed by atoms with Crippen LogP contribution >= 0.6 is 0 Å². The second-order valence-corrected chi connectivity index (χ2v) is 7.94. The summed E-state index contributed by atoms with van der Waals surface area (Å²) in [6.07, 6.45) is 6.02. The largest absolute Gasteiger partial charge is 0.496 e. The van der Waals surface area contributed by atoms with Gasteiger partial charge in [0.05, 0.1) is 19.3 Å². The summed E-state index contributed by atoms with van der Waals surface area (Å²) in [5.74, 6) is 1.42. The highest BCUT2D eigenvalue weighted by atomic mass is 16.5. The normalized spacial score (nSPS) is 26.3. The number of hydrogen-bond acceptors (Lipinski definition) is 4. The molecule has 1 aliphatic carbocycles. The zero-order valence-corrected chi connectivity index (χ0v) is 16.0. The van der Waals surface area contributed by atoms with E-state index in [-0.39, 0.29) is 5.91 Å². The fourth-order valence-corrected chi connectivity index (χ4v) is 4.37. The van der Waals surface area contributed by atoms with Gasteiger partial charge in [-0.3, -0.25) is 9.69 Å². The van der Waals surface area contributed by atoms with Gasteiger partial charge in [0.15, 0.2) is 0 Å². The third-order valence-electron chi connectivity index (χ3n) is 6.12. The Morgan fingerprint density at radius 3 is 2.65 bits per heavy atom. The zero-order chi connectivity index (χ0) is 18.6. The van der Waals surface area contributed by atoms with Crippen molar-refractivity contribution in [3.63, 3.8) is 0 Å². The molecular weight excluding hydrogens is 328 g/mol. The Morgan fingerprint density at radius 2 is 1.96 bits per heavy atom. The fourth-order valence-electron chi connectivity index (χ4n) is 4.37. The minimum atomic E-state index is -0.878. The first-order valence-corrected chi connectivity index (χ1v) is 9.89. The van der Waals surface area contributed by atoms with Gasteiger partial charge in [-0.25, -0.2) is 0 Å². The van der Waals surface area contributed by atoms with Crippen LogP contribution in [-0.2, 0) is 10.4 Å². The number of piperidine rings is 1. The van der Waals surface area contributed by atoms with Crippen molar-refractivity contribution in [3.8, 4) is 5.75 Å². The highest BCUT2D eigenvalue weighted by Crippen LogP contribution is 2.37. The summed E-state index contributed by atoms with van der Waals surface area (Å²) in [7, 11) is 1.63. The second-order valence-electron chi connectivity index (χ2n) is 7.94. The summed E-state index contributed by atoms with van der Waals surface area (Å²) in [5.41, 5.74) is -0.0279. The molecule has 1 heterocycles. The lowest BCUT2D eigenvalue weighted by molar-refractivity contribution is -0.125. The monoisotopic (exact) mass is 360 g/mol. The third-order valence-corrected chi connectivity index (χ3v) is 6.12. The fraction of sp³-hybridized carbons (Fsp3) is 0.667. The Bertz CT molecular complexity index is 611. The molecule has 0 aromatic heterocycles. The van der Waals surface area contributed by atoms with Crippen LogP contribution in [-0.4, -0.2) is 48.7 Å². The molecule has 5 nitrogen and oxygen atoms in total. The van der Waals surface area contributed by atoms with Gasteiger partial charge in [-0.2, -0.15) is 0 Å². The minimum Gasteiger partial charge on any atom is -0.496 e. The maximum atomic E-state index is 12.4. The topological polar surface area (TPSA) is 61.8 Å². The minimum absolute atomic E-state index is 0.117. The van der Waals surface area contributed by atoms with Crippen LogP contribution in [0.15, 0.2) is 24.3 Å². The van der Waals surface area contributed by atoms with Crippen molar-refractivity contribution in [2.24, 2.45) is 5.92 Å². The number of amides is 1. The standard InChI is InChI=1S/C21H32N2O3/c1-16-7-3-5-9-18(16)22-20(24)15-23-13-11-21(25,12-14-23)17-8-4-6-10-19(17)26-2/h4,6,8,10,16,18,25H,3,5,7,9,11-15H2,1-2H3,(H,22,24)/t16-,18-/m1/s1. The smallest absolute Gasteiger partial charge is 0.234 e. The van der Waals surface area contributed by atoms with E-state index in [1.54, 1.807) is 7.11 Å². The van der Waals surface area contributed by atoms with E-state index in [4.69, 9.17) is 4.74 Å². The molecule has 0 radical (unpaired) electrons. The number of carbonyl (C=O) groups is 1. The molecule has 0 bridgehead atoms. The van der Waals surface area contributed by atoms with Crippen molar-refractivity contribution >= 4 is 5.91 Å². The van der Waals surface area contributed by atoms with Gasteiger partial charge in [0.1, 0.15) is 5.75 Å². The molecule has 1 aromatic carbocycles. The highest BCUT2D eigenvalue weighted by Gasteiger charge is 2.36. The van der Waals surface area contributed by atoms with E-state index in [2.05, 4.69) is 17.1 Å². The number of ether oxygens (including phenoxy) is 1. The van der Waals surface area contributed by atoms with Gasteiger partial charge in [-0.15, -0.1) is 0 Å². The SMILES string of the molecule is COc1ccccc1C1(O)CCN(CC(=O)N[C@@H]2CCCC[C@H]2C)CC1. The number of nitrogens with zero attached hydrogens (tertiary/aromatic N) is 1. The van der Waals surface area contributed by atoms with Gasteiger partial charge in [-0.1, -0.05) is 38.0 Å². The Labute approximate surface area is 156 Å². The van der Waals surface area contributed by atoms with E-state index in [1.165, 1.54) is 19.3 Å². The lowest BCUT2D eigenvalue weighted by Gasteiger charge is -2.39. The maximum Gasteiger partial charge on any atom is 0.234 e. The average molecular weight is 360 g/mol. The summed E-state index contributed by atoms with van der Waals surface area (Å²) in [6, 6.07) is 7.99. The van der Waals surface area contributed by atoms with Crippen molar-refractivity contribution < 1.29 is 14.6 Å². The van der Waals surface area contributed by atoms with E-state index >= 15 is 0 Å². The average Bonchev–Trinajstić information content (AvgIpc) is 2.65. The number of aliphatic hydroxyl groups is 1. The van der Waals surface area contributed by atoms with Gasteiger partial charge in [0.25, 0.3) is 0 Å². The summed E-state index contributed by atoms with van der Waals surface area (Å²) in [6.45, 7) is 4.08. The van der Waals surface area contributed by atoms with Gasteiger partial charge >= 0.3 is 0 Å². The van der Waals surface area contributed by atoms with Crippen LogP contribution in [0.3, 0.4) is 0 Å². The molecule has 2 N–H and O–H groups in total. The molecule has 1 aromatic rings. The maximum absolute atomic E-state index is 12.4. The molecule has 1 saturated heterocycles. The first-order valence-electron chi connectivity index (χ1n) is 9.89. The van der Waals surface area contributed by atoms with Crippen LogP contribution in [0.4, 0.5) is 0 Å². The van der Waals surface area contributed by atoms with Crippen LogP contribution in [0.5, 0.6) is 5.75 Å². The molecule has 2 fully saturated rings. The molecule has 3 rings (SSSR count). The molecule has 1 aliphatic heterocycles. The number of para-hydroxylation sites is 1. The molecule has 26 heavy (non-hydrogen) atoms. The first kappa shape index (κ1) is 19.2. The number of hydrogen-bond donors (Lipinski definition) is 2. The number of nitrogens with one attached hydrogen (secondary N) is 1. The van der Waals surface area contributed by atoms with Gasteiger partial charge in [-0.05, 0) is 37.7 Å². The van der Waals surface area contributed by atoms with Crippen molar-refractivity contribution in [1.29, 1.82) is 0 Å². The van der Waals surface area contributed by atoms with Crippen molar-refractivity contribution in [2.45, 2.75) is 57.1 Å². The molecule has 0 spiro atoms. The van der Waals surface area contributed by atoms with Crippen LogP contribution < -0.4 is 10.1 Å². The molecule has 5 heteroatoms. The van der Waals surface area contributed by atoms with Crippen molar-refractivity contribution in [3.05, 3.63) is 29.8 Å². The highest BCUT2D eigenvalue weighted by molar-refractivity contribution is 5.78. The van der Waals surface area contributed by atoms with Crippen LogP contribution in [0.2, 0.25) is 0 Å². The predicted octanol–water partition coefficient (Wildman–Crippen LogP) is 2.67. The number of rotatable bonds is 5. The predicted molar refractivity (Wildman–Crippen MR) is 102 cm³/mol. The lowest BCUT2D eigenvalue weighted by Crippen LogP contribution is -2.49. The molecule has 144 valence electrons. The first-order chi connectivity index (χ1) is 12.5. The third kappa shape index (κ3) is 4.38. The van der Waals surface area contributed by atoms with Crippen LogP contribution in [0.25, 0.3) is 0 Å². The van der Waals surface area contributed by atoms with Crippen molar-refractivity contribution in [2.75, 3.05) is 26.7 Å². The lowest BCUT2D eigenvalue weighted by atomic mass is 9.84. The van der Waals surface area contributed by atoms with E-state index in [9.17, 15) is 9.90 Å². The van der Waals surface area contributed by atoms with Gasteiger partial charge < -0.3 is 15.2 Å². The van der Waals surface area contributed by atoms with Crippen molar-refractivity contribution in [1.82, 2.24) is 10.2 Å². The summed E-state index contributed by atoms with van der Waals surface area (Å²) in [5, 5.41) is 14.3. The number of benzene rings is 1. The molecule has 0 unspecified atom stereocenters. The number of methoxy groups -OCH3 is 1. The van der Waals surface area contributed by atoms with E-state index in [0.717, 1.165) is 17.7 Å². The quantitative estimate of drug-likeness (QED) is 0.847. The van der Waals surface area contributed by atoms with E-state index in [1.807, 2.05) is 24.3 Å². The van der Waals surface area contributed by atoms with E-state index < -0.39 is 5.60 Å². The van der Waals surface area contributed by atoms with Crippen LogP contribution in [0.1, 0.15) is 51.0 Å². The number of likely N-dealkylation sites (tertiary alicyclic amines) is 1. The zero-order valence-electron chi connectivity index (χ0n) is 16.0. The molecule has 1 saturated carbocycles. The Kier molecular flexibility index (Phi) is 6.20. The molecule has 1 amide bonds. The van der Waals surface area contributed by atoms with E-state index in [0.29, 0.717) is 44.4 Å². The second kappa shape index (κ2) is 8.40. The summed E-state index contributed by atoms with van der Waals surface area (Å²) < 4.78 is 5.41.